The van der Waals surface area contributed by atoms with E-state index >= 15 is 0 Å². The second-order valence-electron chi connectivity index (χ2n) is 4.72. The van der Waals surface area contributed by atoms with Crippen LogP contribution in [0, 0.1) is 12.8 Å². The Labute approximate surface area is 127 Å². The molecule has 1 aromatic heterocycles. The monoisotopic (exact) mass is 303 g/mol. The SMILES string of the molecule is Cc1ccc(NC(=O)[C@H](Cc2cccs2)C(N)=NO)cc1. The van der Waals surface area contributed by atoms with Crippen LogP contribution >= 0.6 is 11.3 Å². The van der Waals surface area contributed by atoms with Crippen LogP contribution in [0.25, 0.3) is 0 Å². The summed E-state index contributed by atoms with van der Waals surface area (Å²) in [4.78, 5) is 13.4. The molecule has 21 heavy (non-hydrogen) atoms. The second-order valence-corrected chi connectivity index (χ2v) is 5.75. The summed E-state index contributed by atoms with van der Waals surface area (Å²) in [6.45, 7) is 1.97. The lowest BCUT2D eigenvalue weighted by Gasteiger charge is -2.15. The number of nitrogens with zero attached hydrogens (tertiary/aromatic N) is 1. The Bertz CT molecular complexity index is 621. The molecule has 2 aromatic rings. The van der Waals surface area contributed by atoms with Crippen molar-refractivity contribution in [2.75, 3.05) is 5.32 Å². The molecular formula is C15H17N3O2S. The highest BCUT2D eigenvalue weighted by molar-refractivity contribution is 7.09. The Hall–Kier alpha value is -2.34. The Balaban J connectivity index is 2.12. The van der Waals surface area contributed by atoms with Gasteiger partial charge in [-0.1, -0.05) is 28.9 Å². The fraction of sp³-hybridized carbons (Fsp3) is 0.200. The number of amides is 1. The number of anilines is 1. The normalized spacial score (nSPS) is 12.9. The third kappa shape index (κ3) is 4.06. The fourth-order valence-corrected chi connectivity index (χ4v) is 2.65. The first-order valence-electron chi connectivity index (χ1n) is 6.47. The molecule has 5 nitrogen and oxygen atoms in total. The zero-order chi connectivity index (χ0) is 15.2. The zero-order valence-electron chi connectivity index (χ0n) is 11.6. The van der Waals surface area contributed by atoms with Crippen LogP contribution in [-0.2, 0) is 11.2 Å². The largest absolute Gasteiger partial charge is 0.409 e. The molecule has 0 radical (unpaired) electrons. The topological polar surface area (TPSA) is 87.7 Å². The molecule has 0 aliphatic carbocycles. The van der Waals surface area contributed by atoms with E-state index in [-0.39, 0.29) is 11.7 Å². The summed E-state index contributed by atoms with van der Waals surface area (Å²) < 4.78 is 0. The number of carbonyl (C=O) groups is 1. The van der Waals surface area contributed by atoms with E-state index in [2.05, 4.69) is 10.5 Å². The number of benzene rings is 1. The summed E-state index contributed by atoms with van der Waals surface area (Å²) >= 11 is 1.53. The number of carbonyl (C=O) groups excluding carboxylic acids is 1. The maximum Gasteiger partial charge on any atom is 0.235 e. The van der Waals surface area contributed by atoms with Gasteiger partial charge in [-0.2, -0.15) is 0 Å². The molecule has 0 spiro atoms. The molecule has 0 saturated carbocycles. The van der Waals surface area contributed by atoms with Crippen LogP contribution < -0.4 is 11.1 Å². The summed E-state index contributed by atoms with van der Waals surface area (Å²) in [6.07, 6.45) is 0.408. The lowest BCUT2D eigenvalue weighted by atomic mass is 10.0. The molecule has 1 amide bonds. The Morgan fingerprint density at radius 1 is 1.38 bits per heavy atom. The highest BCUT2D eigenvalue weighted by Gasteiger charge is 2.24. The van der Waals surface area contributed by atoms with E-state index in [1.807, 2.05) is 48.7 Å². The van der Waals surface area contributed by atoms with Gasteiger partial charge >= 0.3 is 0 Å². The molecular weight excluding hydrogens is 286 g/mol. The van der Waals surface area contributed by atoms with Crippen molar-refractivity contribution in [3.05, 3.63) is 52.2 Å². The average molecular weight is 303 g/mol. The van der Waals surface area contributed by atoms with Crippen molar-refractivity contribution in [2.24, 2.45) is 16.8 Å². The van der Waals surface area contributed by atoms with Crippen LogP contribution in [0.3, 0.4) is 0 Å². The first-order chi connectivity index (χ1) is 10.1. The molecule has 1 heterocycles. The van der Waals surface area contributed by atoms with Gasteiger partial charge in [-0.05, 0) is 30.5 Å². The molecule has 0 bridgehead atoms. The number of amidine groups is 1. The minimum Gasteiger partial charge on any atom is -0.409 e. The van der Waals surface area contributed by atoms with E-state index in [0.717, 1.165) is 10.4 Å². The van der Waals surface area contributed by atoms with E-state index in [9.17, 15) is 4.79 Å². The smallest absolute Gasteiger partial charge is 0.235 e. The summed E-state index contributed by atoms with van der Waals surface area (Å²) in [5.41, 5.74) is 7.45. The number of nitrogens with two attached hydrogens (primary N) is 1. The van der Waals surface area contributed by atoms with Crippen molar-refractivity contribution in [3.8, 4) is 0 Å². The maximum atomic E-state index is 12.3. The second kappa shape index (κ2) is 6.90. The maximum absolute atomic E-state index is 12.3. The molecule has 2 rings (SSSR count). The number of hydrogen-bond acceptors (Lipinski definition) is 4. The number of hydrogen-bond donors (Lipinski definition) is 3. The lowest BCUT2D eigenvalue weighted by molar-refractivity contribution is -0.118. The summed E-state index contributed by atoms with van der Waals surface area (Å²) in [5, 5.41) is 16.6. The summed E-state index contributed by atoms with van der Waals surface area (Å²) in [6, 6.07) is 11.3. The van der Waals surface area contributed by atoms with Gasteiger partial charge < -0.3 is 16.3 Å². The molecule has 0 fully saturated rings. The first kappa shape index (κ1) is 15.1. The summed E-state index contributed by atoms with van der Waals surface area (Å²) in [5.74, 6) is -1.08. The molecule has 6 heteroatoms. The van der Waals surface area contributed by atoms with Crippen molar-refractivity contribution >= 4 is 28.8 Å². The minimum atomic E-state index is -0.699. The number of oxime groups is 1. The van der Waals surface area contributed by atoms with Crippen LogP contribution in [0.5, 0.6) is 0 Å². The molecule has 0 saturated heterocycles. The van der Waals surface area contributed by atoms with Gasteiger partial charge in [-0.25, -0.2) is 0 Å². The molecule has 0 unspecified atom stereocenters. The van der Waals surface area contributed by atoms with Crippen molar-refractivity contribution in [2.45, 2.75) is 13.3 Å². The van der Waals surface area contributed by atoms with E-state index < -0.39 is 5.92 Å². The predicted octanol–water partition coefficient (Wildman–Crippen LogP) is 2.60. The Kier molecular flexibility index (Phi) is 4.94. The molecule has 0 aliphatic heterocycles. The predicted molar refractivity (Wildman–Crippen MR) is 84.7 cm³/mol. The van der Waals surface area contributed by atoms with Gasteiger partial charge in [-0.3, -0.25) is 4.79 Å². The van der Waals surface area contributed by atoms with E-state index in [0.29, 0.717) is 12.1 Å². The number of rotatable bonds is 5. The Morgan fingerprint density at radius 3 is 2.67 bits per heavy atom. The fourth-order valence-electron chi connectivity index (χ4n) is 1.90. The van der Waals surface area contributed by atoms with Crippen LogP contribution in [0.4, 0.5) is 5.69 Å². The van der Waals surface area contributed by atoms with Crippen molar-refractivity contribution in [3.63, 3.8) is 0 Å². The molecule has 110 valence electrons. The molecule has 1 atom stereocenters. The van der Waals surface area contributed by atoms with Crippen molar-refractivity contribution in [1.82, 2.24) is 0 Å². The molecule has 1 aromatic carbocycles. The van der Waals surface area contributed by atoms with Crippen LogP contribution in [0.15, 0.2) is 46.9 Å². The zero-order valence-corrected chi connectivity index (χ0v) is 12.4. The minimum absolute atomic E-state index is 0.0898. The van der Waals surface area contributed by atoms with Gasteiger partial charge in [0, 0.05) is 17.0 Å². The van der Waals surface area contributed by atoms with Crippen LogP contribution in [0.1, 0.15) is 10.4 Å². The van der Waals surface area contributed by atoms with Gasteiger partial charge in [0.2, 0.25) is 5.91 Å². The third-order valence-corrected chi connectivity index (χ3v) is 3.99. The third-order valence-electron chi connectivity index (χ3n) is 3.09. The molecule has 4 N–H and O–H groups in total. The van der Waals surface area contributed by atoms with Crippen molar-refractivity contribution < 1.29 is 10.0 Å². The Morgan fingerprint density at radius 2 is 2.10 bits per heavy atom. The number of nitrogens with one attached hydrogen (secondary N) is 1. The van der Waals surface area contributed by atoms with E-state index in [4.69, 9.17) is 10.9 Å². The van der Waals surface area contributed by atoms with Gasteiger partial charge in [0.1, 0.15) is 5.92 Å². The average Bonchev–Trinajstić information content (AvgIpc) is 2.99. The van der Waals surface area contributed by atoms with E-state index in [1.54, 1.807) is 0 Å². The highest BCUT2D eigenvalue weighted by atomic mass is 32.1. The van der Waals surface area contributed by atoms with Gasteiger partial charge in [0.05, 0.1) is 0 Å². The van der Waals surface area contributed by atoms with Gasteiger partial charge in [0.15, 0.2) is 5.84 Å². The van der Waals surface area contributed by atoms with Crippen LogP contribution in [0.2, 0.25) is 0 Å². The summed E-state index contributed by atoms with van der Waals surface area (Å²) in [7, 11) is 0. The standard InChI is InChI=1S/C15H17N3O2S/c1-10-4-6-11(7-5-10)17-15(19)13(14(16)18-20)9-12-3-2-8-21-12/h2-8,13,20H,9H2,1H3,(H2,16,18)(H,17,19)/t13-/m1/s1. The van der Waals surface area contributed by atoms with Crippen LogP contribution in [-0.4, -0.2) is 17.0 Å². The quantitative estimate of drug-likeness (QED) is 0.343. The van der Waals surface area contributed by atoms with Gasteiger partial charge in [0.25, 0.3) is 0 Å². The molecule has 0 aliphatic rings. The number of thiophene rings is 1. The van der Waals surface area contributed by atoms with Crippen molar-refractivity contribution in [1.29, 1.82) is 0 Å². The first-order valence-corrected chi connectivity index (χ1v) is 7.35. The lowest BCUT2D eigenvalue weighted by Crippen LogP contribution is -2.36. The van der Waals surface area contributed by atoms with Gasteiger partial charge in [-0.15, -0.1) is 11.3 Å². The highest BCUT2D eigenvalue weighted by Crippen LogP contribution is 2.17. The van der Waals surface area contributed by atoms with E-state index in [1.165, 1.54) is 11.3 Å². The number of aryl methyl sites for hydroxylation is 1.